The van der Waals surface area contributed by atoms with Crippen LogP contribution in [-0.4, -0.2) is 35.1 Å². The number of anilines is 1. The van der Waals surface area contributed by atoms with Crippen LogP contribution in [-0.2, 0) is 9.53 Å². The summed E-state index contributed by atoms with van der Waals surface area (Å²) < 4.78 is 5.33. The number of rotatable bonds is 4. The molecule has 27 heavy (non-hydrogen) atoms. The third-order valence-electron chi connectivity index (χ3n) is 4.97. The summed E-state index contributed by atoms with van der Waals surface area (Å²) in [4.78, 5) is 20.2. The van der Waals surface area contributed by atoms with Crippen molar-refractivity contribution in [2.45, 2.75) is 18.9 Å². The molecule has 0 bridgehead atoms. The average Bonchev–Trinajstić information content (AvgIpc) is 3.14. The topological polar surface area (TPSA) is 93.0 Å². The van der Waals surface area contributed by atoms with E-state index in [1.807, 2.05) is 42.5 Å². The highest BCUT2D eigenvalue weighted by molar-refractivity contribution is 6.35. The number of H-pyrrole nitrogens is 1. The van der Waals surface area contributed by atoms with Crippen molar-refractivity contribution in [3.05, 3.63) is 47.5 Å². The summed E-state index contributed by atoms with van der Waals surface area (Å²) in [7, 11) is 0. The molecule has 6 nitrogen and oxygen atoms in total. The maximum absolute atomic E-state index is 12.4. The highest BCUT2D eigenvalue weighted by Crippen LogP contribution is 2.26. The number of halogens is 1. The Labute approximate surface area is 162 Å². The van der Waals surface area contributed by atoms with Crippen molar-refractivity contribution in [1.29, 1.82) is 0 Å². The number of carbonyl (C=O) groups is 1. The van der Waals surface area contributed by atoms with Crippen LogP contribution in [0, 0.1) is 5.92 Å². The van der Waals surface area contributed by atoms with Gasteiger partial charge in [-0.25, -0.2) is 4.98 Å². The second-order valence-corrected chi connectivity index (χ2v) is 7.17. The van der Waals surface area contributed by atoms with Crippen molar-refractivity contribution >= 4 is 34.2 Å². The SMILES string of the molecule is NC(C(=O)Nc1ccc(-c2nc3c(Cl)cccc3[nH]2)cc1)C1CCOCC1. The first-order valence-electron chi connectivity index (χ1n) is 9.00. The zero-order valence-electron chi connectivity index (χ0n) is 14.7. The largest absolute Gasteiger partial charge is 0.381 e. The molecule has 1 unspecified atom stereocenters. The predicted molar refractivity (Wildman–Crippen MR) is 107 cm³/mol. The summed E-state index contributed by atoms with van der Waals surface area (Å²) in [5.41, 5.74) is 9.37. The summed E-state index contributed by atoms with van der Waals surface area (Å²) in [5, 5.41) is 3.51. The van der Waals surface area contributed by atoms with Crippen LogP contribution in [0.5, 0.6) is 0 Å². The number of fused-ring (bicyclic) bond motifs is 1. The lowest BCUT2D eigenvalue weighted by molar-refractivity contribution is -0.119. The number of imidazole rings is 1. The Morgan fingerprint density at radius 1 is 1.22 bits per heavy atom. The van der Waals surface area contributed by atoms with E-state index in [0.717, 1.165) is 35.3 Å². The summed E-state index contributed by atoms with van der Waals surface area (Å²) in [6.45, 7) is 1.34. The number of nitrogens with two attached hydrogens (primary N) is 1. The van der Waals surface area contributed by atoms with E-state index in [4.69, 9.17) is 22.1 Å². The van der Waals surface area contributed by atoms with Crippen LogP contribution in [0.4, 0.5) is 5.69 Å². The minimum absolute atomic E-state index is 0.162. The lowest BCUT2D eigenvalue weighted by atomic mass is 9.92. The molecule has 0 radical (unpaired) electrons. The Morgan fingerprint density at radius 3 is 2.67 bits per heavy atom. The van der Waals surface area contributed by atoms with Gasteiger partial charge in [0.2, 0.25) is 5.91 Å². The molecule has 4 N–H and O–H groups in total. The van der Waals surface area contributed by atoms with Crippen molar-refractivity contribution in [2.75, 3.05) is 18.5 Å². The van der Waals surface area contributed by atoms with E-state index in [9.17, 15) is 4.79 Å². The first kappa shape index (κ1) is 18.0. The molecular weight excluding hydrogens is 364 g/mol. The van der Waals surface area contributed by atoms with Crippen LogP contribution in [0.3, 0.4) is 0 Å². The number of hydrogen-bond acceptors (Lipinski definition) is 4. The summed E-state index contributed by atoms with van der Waals surface area (Å²) >= 11 is 6.18. The number of benzene rings is 2. The molecule has 7 heteroatoms. The Bertz CT molecular complexity index is 948. The minimum atomic E-state index is -0.522. The number of nitrogens with zero attached hydrogens (tertiary/aromatic N) is 1. The molecule has 1 aromatic heterocycles. The molecule has 2 aromatic carbocycles. The van der Waals surface area contributed by atoms with Crippen LogP contribution < -0.4 is 11.1 Å². The van der Waals surface area contributed by atoms with Crippen molar-refractivity contribution in [1.82, 2.24) is 9.97 Å². The molecule has 1 aliphatic rings. The third-order valence-corrected chi connectivity index (χ3v) is 5.27. The van der Waals surface area contributed by atoms with Gasteiger partial charge >= 0.3 is 0 Å². The lowest BCUT2D eigenvalue weighted by Gasteiger charge is -2.26. The van der Waals surface area contributed by atoms with E-state index in [-0.39, 0.29) is 11.8 Å². The van der Waals surface area contributed by atoms with Crippen molar-refractivity contribution in [2.24, 2.45) is 11.7 Å². The van der Waals surface area contributed by atoms with Gasteiger partial charge in [0.15, 0.2) is 0 Å². The number of para-hydroxylation sites is 1. The second-order valence-electron chi connectivity index (χ2n) is 6.76. The van der Waals surface area contributed by atoms with Crippen LogP contribution in [0.25, 0.3) is 22.4 Å². The predicted octanol–water partition coefficient (Wildman–Crippen LogP) is 3.58. The molecule has 1 atom stereocenters. The maximum atomic E-state index is 12.4. The van der Waals surface area contributed by atoms with Gasteiger partial charge in [-0.05, 0) is 55.2 Å². The number of amides is 1. The van der Waals surface area contributed by atoms with E-state index < -0.39 is 6.04 Å². The van der Waals surface area contributed by atoms with Gasteiger partial charge in [-0.2, -0.15) is 0 Å². The molecule has 1 amide bonds. The number of ether oxygens (including phenoxy) is 1. The summed E-state index contributed by atoms with van der Waals surface area (Å²) in [6, 6.07) is 12.6. The number of hydrogen-bond donors (Lipinski definition) is 3. The number of aromatic nitrogens is 2. The van der Waals surface area contributed by atoms with Gasteiger partial charge in [0, 0.05) is 24.5 Å². The van der Waals surface area contributed by atoms with E-state index in [1.54, 1.807) is 0 Å². The molecule has 0 spiro atoms. The highest BCUT2D eigenvalue weighted by Gasteiger charge is 2.26. The number of aromatic amines is 1. The minimum Gasteiger partial charge on any atom is -0.381 e. The molecule has 1 saturated heterocycles. The van der Waals surface area contributed by atoms with Gasteiger partial charge in [0.25, 0.3) is 0 Å². The zero-order chi connectivity index (χ0) is 18.8. The summed E-state index contributed by atoms with van der Waals surface area (Å²) in [6.07, 6.45) is 1.64. The van der Waals surface area contributed by atoms with Crippen LogP contribution in [0.1, 0.15) is 12.8 Å². The van der Waals surface area contributed by atoms with Crippen LogP contribution in [0.15, 0.2) is 42.5 Å². The Balaban J connectivity index is 1.46. The third kappa shape index (κ3) is 3.83. The number of carbonyl (C=O) groups excluding carboxylic acids is 1. The standard InChI is InChI=1S/C20H21ClN4O2/c21-15-2-1-3-16-18(15)25-19(24-16)13-4-6-14(7-5-13)23-20(26)17(22)12-8-10-27-11-9-12/h1-7,12,17H,8-11,22H2,(H,23,26)(H,24,25). The average molecular weight is 385 g/mol. The van der Waals surface area contributed by atoms with E-state index in [0.29, 0.717) is 23.9 Å². The molecule has 3 aromatic rings. The molecule has 2 heterocycles. The van der Waals surface area contributed by atoms with Gasteiger partial charge in [-0.3, -0.25) is 4.79 Å². The monoisotopic (exact) mass is 384 g/mol. The number of nitrogens with one attached hydrogen (secondary N) is 2. The van der Waals surface area contributed by atoms with E-state index in [1.165, 1.54) is 0 Å². The molecule has 4 rings (SSSR count). The molecular formula is C20H21ClN4O2. The first-order valence-corrected chi connectivity index (χ1v) is 9.38. The molecule has 0 saturated carbocycles. The van der Waals surface area contributed by atoms with Crippen LogP contribution >= 0.6 is 11.6 Å². The normalized spacial score (nSPS) is 16.4. The Morgan fingerprint density at radius 2 is 1.96 bits per heavy atom. The second kappa shape index (κ2) is 7.68. The molecule has 140 valence electrons. The molecule has 1 fully saturated rings. The smallest absolute Gasteiger partial charge is 0.241 e. The first-order chi connectivity index (χ1) is 13.1. The van der Waals surface area contributed by atoms with E-state index >= 15 is 0 Å². The van der Waals surface area contributed by atoms with Gasteiger partial charge in [0.1, 0.15) is 11.3 Å². The van der Waals surface area contributed by atoms with Crippen molar-refractivity contribution in [3.8, 4) is 11.4 Å². The van der Waals surface area contributed by atoms with Crippen molar-refractivity contribution < 1.29 is 9.53 Å². The Kier molecular flexibility index (Phi) is 5.11. The fourth-order valence-electron chi connectivity index (χ4n) is 3.36. The molecule has 1 aliphatic heterocycles. The van der Waals surface area contributed by atoms with Crippen LogP contribution in [0.2, 0.25) is 5.02 Å². The lowest BCUT2D eigenvalue weighted by Crippen LogP contribution is -2.43. The van der Waals surface area contributed by atoms with Gasteiger partial charge in [0.05, 0.1) is 16.6 Å². The fraction of sp³-hybridized carbons (Fsp3) is 0.300. The van der Waals surface area contributed by atoms with Gasteiger partial charge in [-0.1, -0.05) is 17.7 Å². The fourth-order valence-corrected chi connectivity index (χ4v) is 3.58. The summed E-state index contributed by atoms with van der Waals surface area (Å²) in [5.74, 6) is 0.735. The van der Waals surface area contributed by atoms with Gasteiger partial charge < -0.3 is 20.8 Å². The van der Waals surface area contributed by atoms with Gasteiger partial charge in [-0.15, -0.1) is 0 Å². The highest BCUT2D eigenvalue weighted by atomic mass is 35.5. The Hall–Kier alpha value is -2.41. The molecule has 0 aliphatic carbocycles. The van der Waals surface area contributed by atoms with E-state index in [2.05, 4.69) is 15.3 Å². The van der Waals surface area contributed by atoms with Crippen molar-refractivity contribution in [3.63, 3.8) is 0 Å². The zero-order valence-corrected chi connectivity index (χ0v) is 15.5. The maximum Gasteiger partial charge on any atom is 0.241 e. The quantitative estimate of drug-likeness (QED) is 0.641.